The highest BCUT2D eigenvalue weighted by Gasteiger charge is 2.17. The SMILES string of the molecule is CC[C@H](C)NC(=O)[C@@H](C)NC(=O)c1ccc(I)cc1. The molecule has 0 unspecified atom stereocenters. The molecule has 4 nitrogen and oxygen atoms in total. The van der Waals surface area contributed by atoms with Crippen molar-refractivity contribution in [3.63, 3.8) is 0 Å². The minimum absolute atomic E-state index is 0.116. The van der Waals surface area contributed by atoms with E-state index in [1.807, 2.05) is 26.0 Å². The Balaban J connectivity index is 2.56. The van der Waals surface area contributed by atoms with Crippen LogP contribution >= 0.6 is 22.6 Å². The highest BCUT2D eigenvalue weighted by Crippen LogP contribution is 2.06. The summed E-state index contributed by atoms with van der Waals surface area (Å²) in [5.41, 5.74) is 0.559. The molecule has 2 N–H and O–H groups in total. The molecule has 104 valence electrons. The zero-order valence-electron chi connectivity index (χ0n) is 11.4. The number of hydrogen-bond donors (Lipinski definition) is 2. The van der Waals surface area contributed by atoms with Crippen LogP contribution in [-0.4, -0.2) is 23.9 Å². The van der Waals surface area contributed by atoms with E-state index in [0.29, 0.717) is 5.56 Å². The number of carbonyl (C=O) groups excluding carboxylic acids is 2. The summed E-state index contributed by atoms with van der Waals surface area (Å²) < 4.78 is 1.07. The number of amides is 2. The number of halogens is 1. The maximum Gasteiger partial charge on any atom is 0.251 e. The van der Waals surface area contributed by atoms with Crippen molar-refractivity contribution in [2.75, 3.05) is 0 Å². The average Bonchev–Trinajstić information content (AvgIpc) is 2.38. The summed E-state index contributed by atoms with van der Waals surface area (Å²) in [6, 6.07) is 6.79. The molecular formula is C14H19IN2O2. The van der Waals surface area contributed by atoms with Gasteiger partial charge in [-0.3, -0.25) is 9.59 Å². The van der Waals surface area contributed by atoms with Gasteiger partial charge in [0, 0.05) is 15.2 Å². The molecule has 19 heavy (non-hydrogen) atoms. The quantitative estimate of drug-likeness (QED) is 0.778. The van der Waals surface area contributed by atoms with Gasteiger partial charge in [-0.15, -0.1) is 0 Å². The molecular weight excluding hydrogens is 355 g/mol. The van der Waals surface area contributed by atoms with Crippen molar-refractivity contribution in [2.45, 2.75) is 39.3 Å². The first-order valence-electron chi connectivity index (χ1n) is 6.30. The molecule has 0 bridgehead atoms. The number of nitrogens with one attached hydrogen (secondary N) is 2. The zero-order chi connectivity index (χ0) is 14.4. The van der Waals surface area contributed by atoms with Crippen LogP contribution in [0.5, 0.6) is 0 Å². The van der Waals surface area contributed by atoms with Gasteiger partial charge >= 0.3 is 0 Å². The Labute approximate surface area is 127 Å². The standard InChI is InChI=1S/C14H19IN2O2/c1-4-9(2)16-13(18)10(3)17-14(19)11-5-7-12(15)8-6-11/h5-10H,4H2,1-3H3,(H,16,18)(H,17,19)/t9-,10+/m0/s1. The average molecular weight is 374 g/mol. The normalized spacial score (nSPS) is 13.5. The highest BCUT2D eigenvalue weighted by molar-refractivity contribution is 14.1. The lowest BCUT2D eigenvalue weighted by Gasteiger charge is -2.17. The van der Waals surface area contributed by atoms with Crippen LogP contribution in [0.15, 0.2) is 24.3 Å². The molecule has 0 saturated carbocycles. The zero-order valence-corrected chi connectivity index (χ0v) is 13.5. The summed E-state index contributed by atoms with van der Waals surface area (Å²) in [6.45, 7) is 5.62. The minimum atomic E-state index is -0.541. The monoisotopic (exact) mass is 374 g/mol. The Kier molecular flexibility index (Phi) is 6.27. The van der Waals surface area contributed by atoms with E-state index in [1.54, 1.807) is 19.1 Å². The maximum atomic E-state index is 11.9. The van der Waals surface area contributed by atoms with Crippen LogP contribution < -0.4 is 10.6 Å². The van der Waals surface area contributed by atoms with E-state index < -0.39 is 6.04 Å². The molecule has 0 aliphatic heterocycles. The predicted molar refractivity (Wildman–Crippen MR) is 84.0 cm³/mol. The molecule has 1 rings (SSSR count). The number of rotatable bonds is 5. The van der Waals surface area contributed by atoms with Gasteiger partial charge in [0.15, 0.2) is 0 Å². The van der Waals surface area contributed by atoms with Crippen molar-refractivity contribution in [1.82, 2.24) is 10.6 Å². The second-order valence-corrected chi connectivity index (χ2v) is 5.77. The third-order valence-electron chi connectivity index (χ3n) is 2.85. The Hall–Kier alpha value is -1.11. The molecule has 2 amide bonds. The first-order valence-corrected chi connectivity index (χ1v) is 7.38. The number of benzene rings is 1. The lowest BCUT2D eigenvalue weighted by Crippen LogP contribution is -2.47. The van der Waals surface area contributed by atoms with Crippen molar-refractivity contribution >= 4 is 34.4 Å². The van der Waals surface area contributed by atoms with Crippen LogP contribution in [0, 0.1) is 3.57 Å². The topological polar surface area (TPSA) is 58.2 Å². The van der Waals surface area contributed by atoms with Gasteiger partial charge < -0.3 is 10.6 Å². The molecule has 5 heteroatoms. The molecule has 1 aromatic rings. The molecule has 0 radical (unpaired) electrons. The van der Waals surface area contributed by atoms with Crippen molar-refractivity contribution in [2.24, 2.45) is 0 Å². The Morgan fingerprint density at radius 1 is 1.16 bits per heavy atom. The fourth-order valence-electron chi connectivity index (χ4n) is 1.42. The van der Waals surface area contributed by atoms with Crippen LogP contribution in [0.3, 0.4) is 0 Å². The van der Waals surface area contributed by atoms with Crippen molar-refractivity contribution in [1.29, 1.82) is 0 Å². The molecule has 0 spiro atoms. The summed E-state index contributed by atoms with van der Waals surface area (Å²) in [5.74, 6) is -0.392. The van der Waals surface area contributed by atoms with Crippen LogP contribution in [0.4, 0.5) is 0 Å². The second kappa shape index (κ2) is 7.47. The van der Waals surface area contributed by atoms with Gasteiger partial charge in [-0.05, 0) is 67.1 Å². The molecule has 0 fully saturated rings. The molecule has 2 atom stereocenters. The Morgan fingerprint density at radius 2 is 1.74 bits per heavy atom. The van der Waals surface area contributed by atoms with Crippen molar-refractivity contribution in [3.8, 4) is 0 Å². The van der Waals surface area contributed by atoms with Crippen molar-refractivity contribution in [3.05, 3.63) is 33.4 Å². The van der Waals surface area contributed by atoms with Gasteiger partial charge in [0.05, 0.1) is 0 Å². The molecule has 0 saturated heterocycles. The Morgan fingerprint density at radius 3 is 2.26 bits per heavy atom. The minimum Gasteiger partial charge on any atom is -0.352 e. The predicted octanol–water partition coefficient (Wildman–Crippen LogP) is 2.32. The van der Waals surface area contributed by atoms with Crippen LogP contribution in [0.25, 0.3) is 0 Å². The number of carbonyl (C=O) groups is 2. The second-order valence-electron chi connectivity index (χ2n) is 4.52. The van der Waals surface area contributed by atoms with E-state index in [9.17, 15) is 9.59 Å². The summed E-state index contributed by atoms with van der Waals surface area (Å²) in [7, 11) is 0. The van der Waals surface area contributed by atoms with E-state index >= 15 is 0 Å². The smallest absolute Gasteiger partial charge is 0.251 e. The third kappa shape index (κ3) is 5.18. The third-order valence-corrected chi connectivity index (χ3v) is 3.57. The molecule has 0 aliphatic rings. The van der Waals surface area contributed by atoms with Gasteiger partial charge in [0.25, 0.3) is 5.91 Å². The van der Waals surface area contributed by atoms with Gasteiger partial charge in [-0.25, -0.2) is 0 Å². The van der Waals surface area contributed by atoms with E-state index in [2.05, 4.69) is 33.2 Å². The van der Waals surface area contributed by atoms with Crippen LogP contribution in [0.2, 0.25) is 0 Å². The van der Waals surface area contributed by atoms with E-state index in [4.69, 9.17) is 0 Å². The summed E-state index contributed by atoms with van der Waals surface area (Å²) in [4.78, 5) is 23.7. The van der Waals surface area contributed by atoms with Crippen LogP contribution in [-0.2, 0) is 4.79 Å². The fraction of sp³-hybridized carbons (Fsp3) is 0.429. The molecule has 0 aromatic heterocycles. The molecule has 0 aliphatic carbocycles. The first kappa shape index (κ1) is 15.9. The largest absolute Gasteiger partial charge is 0.352 e. The van der Waals surface area contributed by atoms with Gasteiger partial charge in [0.1, 0.15) is 6.04 Å². The molecule has 0 heterocycles. The maximum absolute atomic E-state index is 11.9. The Bertz CT molecular complexity index is 445. The first-order chi connectivity index (χ1) is 8.93. The lowest BCUT2D eigenvalue weighted by atomic mass is 10.2. The van der Waals surface area contributed by atoms with Crippen molar-refractivity contribution < 1.29 is 9.59 Å². The van der Waals surface area contributed by atoms with Crippen LogP contribution in [0.1, 0.15) is 37.6 Å². The van der Waals surface area contributed by atoms with Gasteiger partial charge in [-0.2, -0.15) is 0 Å². The highest BCUT2D eigenvalue weighted by atomic mass is 127. The number of hydrogen-bond acceptors (Lipinski definition) is 2. The van der Waals surface area contributed by atoms with E-state index in [0.717, 1.165) is 9.99 Å². The molecule has 1 aromatic carbocycles. The summed E-state index contributed by atoms with van der Waals surface area (Å²) >= 11 is 2.18. The summed E-state index contributed by atoms with van der Waals surface area (Å²) in [6.07, 6.45) is 0.865. The lowest BCUT2D eigenvalue weighted by molar-refractivity contribution is -0.123. The van der Waals surface area contributed by atoms with E-state index in [1.165, 1.54) is 0 Å². The summed E-state index contributed by atoms with van der Waals surface area (Å²) in [5, 5.41) is 5.53. The van der Waals surface area contributed by atoms with Gasteiger partial charge in [0.2, 0.25) is 5.91 Å². The van der Waals surface area contributed by atoms with E-state index in [-0.39, 0.29) is 17.9 Å². The fourth-order valence-corrected chi connectivity index (χ4v) is 1.78. The van der Waals surface area contributed by atoms with Gasteiger partial charge in [-0.1, -0.05) is 6.92 Å².